The zero-order valence-electron chi connectivity index (χ0n) is 16.5. The van der Waals surface area contributed by atoms with Gasteiger partial charge in [0.05, 0.1) is 5.69 Å². The van der Waals surface area contributed by atoms with Crippen molar-refractivity contribution in [1.29, 1.82) is 0 Å². The number of benzene rings is 2. The zero-order valence-corrected chi connectivity index (χ0v) is 16.5. The second kappa shape index (κ2) is 8.41. The van der Waals surface area contributed by atoms with Crippen molar-refractivity contribution in [3.8, 4) is 5.69 Å². The summed E-state index contributed by atoms with van der Waals surface area (Å²) in [5, 5.41) is 4.40. The highest BCUT2D eigenvalue weighted by Gasteiger charge is 2.25. The molecule has 0 saturated carbocycles. The highest BCUT2D eigenvalue weighted by molar-refractivity contribution is 5.92. The number of amides is 1. The molecule has 1 aliphatic rings. The molecular formula is C23H24N4O2. The molecule has 2 heterocycles. The number of piperazine rings is 1. The van der Waals surface area contributed by atoms with Crippen LogP contribution in [0.3, 0.4) is 0 Å². The summed E-state index contributed by atoms with van der Waals surface area (Å²) >= 11 is 0. The average molecular weight is 388 g/mol. The van der Waals surface area contributed by atoms with Gasteiger partial charge in [0.2, 0.25) is 5.43 Å². The van der Waals surface area contributed by atoms with Crippen LogP contribution in [-0.4, -0.2) is 51.7 Å². The van der Waals surface area contributed by atoms with E-state index in [4.69, 9.17) is 0 Å². The standard InChI is InChI=1S/C23H24N4O2/c1-18-16-21(28)22(24-27(18)20-10-6-3-7-11-20)23(29)26-14-12-25(13-15-26)17-19-8-4-2-5-9-19/h2-11,16H,12-15,17H2,1H3. The maximum atomic E-state index is 13.0. The molecule has 6 nitrogen and oxygen atoms in total. The molecule has 1 saturated heterocycles. The summed E-state index contributed by atoms with van der Waals surface area (Å²) in [6, 6.07) is 21.3. The van der Waals surface area contributed by atoms with Gasteiger partial charge in [-0.15, -0.1) is 0 Å². The summed E-state index contributed by atoms with van der Waals surface area (Å²) in [5.41, 5.74) is 2.44. The first-order valence-corrected chi connectivity index (χ1v) is 9.84. The maximum Gasteiger partial charge on any atom is 0.278 e. The van der Waals surface area contributed by atoms with Gasteiger partial charge in [-0.1, -0.05) is 48.5 Å². The lowest BCUT2D eigenvalue weighted by atomic mass is 10.2. The molecular weight excluding hydrogens is 364 g/mol. The van der Waals surface area contributed by atoms with E-state index in [1.165, 1.54) is 11.6 Å². The lowest BCUT2D eigenvalue weighted by molar-refractivity contribution is 0.0619. The number of para-hydroxylation sites is 1. The maximum absolute atomic E-state index is 13.0. The zero-order chi connectivity index (χ0) is 20.2. The van der Waals surface area contributed by atoms with E-state index >= 15 is 0 Å². The monoisotopic (exact) mass is 388 g/mol. The Hall–Kier alpha value is -3.25. The molecule has 2 aromatic carbocycles. The minimum absolute atomic E-state index is 0.0176. The van der Waals surface area contributed by atoms with Crippen LogP contribution in [0, 0.1) is 6.92 Å². The summed E-state index contributed by atoms with van der Waals surface area (Å²) in [5.74, 6) is -0.293. The largest absolute Gasteiger partial charge is 0.335 e. The smallest absolute Gasteiger partial charge is 0.278 e. The van der Waals surface area contributed by atoms with Gasteiger partial charge in [-0.25, -0.2) is 4.68 Å². The molecule has 29 heavy (non-hydrogen) atoms. The van der Waals surface area contributed by atoms with Gasteiger partial charge in [0.15, 0.2) is 5.69 Å². The summed E-state index contributed by atoms with van der Waals surface area (Å²) < 4.78 is 1.65. The number of hydrogen-bond donors (Lipinski definition) is 0. The molecule has 0 unspecified atom stereocenters. The van der Waals surface area contributed by atoms with Crippen LogP contribution in [0.5, 0.6) is 0 Å². The van der Waals surface area contributed by atoms with Gasteiger partial charge in [0, 0.05) is 44.5 Å². The number of carbonyl (C=O) groups excluding carboxylic acids is 1. The Bertz CT molecular complexity index is 1040. The molecule has 1 aliphatic heterocycles. The number of aromatic nitrogens is 2. The van der Waals surface area contributed by atoms with E-state index in [2.05, 4.69) is 22.1 Å². The highest BCUT2D eigenvalue weighted by atomic mass is 16.2. The molecule has 1 aromatic heterocycles. The van der Waals surface area contributed by atoms with Gasteiger partial charge in [-0.05, 0) is 24.6 Å². The Kier molecular flexibility index (Phi) is 5.53. The molecule has 1 fully saturated rings. The second-order valence-corrected chi connectivity index (χ2v) is 7.30. The van der Waals surface area contributed by atoms with E-state index in [0.717, 1.165) is 25.3 Å². The van der Waals surface area contributed by atoms with Crippen molar-refractivity contribution in [2.45, 2.75) is 13.5 Å². The third-order valence-corrected chi connectivity index (χ3v) is 5.22. The van der Waals surface area contributed by atoms with Crippen molar-refractivity contribution < 1.29 is 4.79 Å². The molecule has 0 atom stereocenters. The van der Waals surface area contributed by atoms with Crippen LogP contribution in [-0.2, 0) is 6.54 Å². The van der Waals surface area contributed by atoms with Crippen molar-refractivity contribution >= 4 is 5.91 Å². The van der Waals surface area contributed by atoms with Crippen LogP contribution in [0.25, 0.3) is 5.69 Å². The van der Waals surface area contributed by atoms with Crippen molar-refractivity contribution in [3.63, 3.8) is 0 Å². The number of nitrogens with zero attached hydrogens (tertiary/aromatic N) is 4. The van der Waals surface area contributed by atoms with Gasteiger partial charge < -0.3 is 4.90 Å². The van der Waals surface area contributed by atoms with E-state index in [-0.39, 0.29) is 17.0 Å². The number of rotatable bonds is 4. The fourth-order valence-corrected chi connectivity index (χ4v) is 3.63. The van der Waals surface area contributed by atoms with Crippen molar-refractivity contribution in [3.05, 3.63) is 93.9 Å². The quantitative estimate of drug-likeness (QED) is 0.689. The van der Waals surface area contributed by atoms with Crippen LogP contribution in [0.4, 0.5) is 0 Å². The Morgan fingerprint density at radius 2 is 1.55 bits per heavy atom. The minimum Gasteiger partial charge on any atom is -0.335 e. The number of carbonyl (C=O) groups is 1. The van der Waals surface area contributed by atoms with Crippen LogP contribution >= 0.6 is 0 Å². The molecule has 6 heteroatoms. The van der Waals surface area contributed by atoms with Gasteiger partial charge in [0.25, 0.3) is 5.91 Å². The highest BCUT2D eigenvalue weighted by Crippen LogP contribution is 2.12. The first-order chi connectivity index (χ1) is 14.1. The van der Waals surface area contributed by atoms with Gasteiger partial charge in [0.1, 0.15) is 0 Å². The van der Waals surface area contributed by atoms with E-state index < -0.39 is 0 Å². The molecule has 3 aromatic rings. The molecule has 1 amide bonds. The van der Waals surface area contributed by atoms with Crippen molar-refractivity contribution in [2.24, 2.45) is 0 Å². The van der Waals surface area contributed by atoms with Gasteiger partial charge in [-0.3, -0.25) is 14.5 Å². The molecule has 0 bridgehead atoms. The predicted molar refractivity (Wildman–Crippen MR) is 112 cm³/mol. The fourth-order valence-electron chi connectivity index (χ4n) is 3.63. The Labute approximate surface area is 170 Å². The molecule has 0 radical (unpaired) electrons. The fraction of sp³-hybridized carbons (Fsp3) is 0.261. The number of aryl methyl sites for hydroxylation is 1. The molecule has 4 rings (SSSR count). The molecule has 0 N–H and O–H groups in total. The SMILES string of the molecule is Cc1cc(=O)c(C(=O)N2CCN(Cc3ccccc3)CC2)nn1-c1ccccc1. The van der Waals surface area contributed by atoms with Crippen LogP contribution in [0.1, 0.15) is 21.7 Å². The predicted octanol–water partition coefficient (Wildman–Crippen LogP) is 2.50. The lowest BCUT2D eigenvalue weighted by Gasteiger charge is -2.34. The Morgan fingerprint density at radius 3 is 2.21 bits per heavy atom. The topological polar surface area (TPSA) is 58.4 Å². The van der Waals surface area contributed by atoms with Crippen LogP contribution < -0.4 is 5.43 Å². The first-order valence-electron chi connectivity index (χ1n) is 9.84. The third kappa shape index (κ3) is 4.27. The van der Waals surface area contributed by atoms with Crippen LogP contribution in [0.15, 0.2) is 71.5 Å². The minimum atomic E-state index is -0.327. The summed E-state index contributed by atoms with van der Waals surface area (Å²) in [6.07, 6.45) is 0. The molecule has 148 valence electrons. The first kappa shape index (κ1) is 19.1. The normalized spacial score (nSPS) is 14.7. The van der Waals surface area contributed by atoms with E-state index in [1.807, 2.05) is 55.5 Å². The van der Waals surface area contributed by atoms with E-state index in [9.17, 15) is 9.59 Å². The number of hydrogen-bond acceptors (Lipinski definition) is 4. The summed E-state index contributed by atoms with van der Waals surface area (Å²) in [4.78, 5) is 29.5. The average Bonchev–Trinajstić information content (AvgIpc) is 2.75. The van der Waals surface area contributed by atoms with Gasteiger partial charge >= 0.3 is 0 Å². The van der Waals surface area contributed by atoms with Gasteiger partial charge in [-0.2, -0.15) is 5.10 Å². The van der Waals surface area contributed by atoms with Crippen molar-refractivity contribution in [2.75, 3.05) is 26.2 Å². The summed E-state index contributed by atoms with van der Waals surface area (Å²) in [7, 11) is 0. The second-order valence-electron chi connectivity index (χ2n) is 7.30. The molecule has 0 spiro atoms. The summed E-state index contributed by atoms with van der Waals surface area (Å²) in [6.45, 7) is 5.42. The Morgan fingerprint density at radius 1 is 0.931 bits per heavy atom. The van der Waals surface area contributed by atoms with E-state index in [1.54, 1.807) is 9.58 Å². The lowest BCUT2D eigenvalue weighted by Crippen LogP contribution is -2.49. The Balaban J connectivity index is 1.48. The van der Waals surface area contributed by atoms with Crippen molar-refractivity contribution in [1.82, 2.24) is 19.6 Å². The van der Waals surface area contributed by atoms with E-state index in [0.29, 0.717) is 18.8 Å². The van der Waals surface area contributed by atoms with Crippen LogP contribution in [0.2, 0.25) is 0 Å². The molecule has 0 aliphatic carbocycles. The third-order valence-electron chi connectivity index (χ3n) is 5.22.